The van der Waals surface area contributed by atoms with Crippen LogP contribution in [0.5, 0.6) is 0 Å². The normalized spacial score (nSPS) is 18.1. The summed E-state index contributed by atoms with van der Waals surface area (Å²) in [5, 5.41) is 0.232. The Morgan fingerprint density at radius 2 is 2.27 bits per heavy atom. The lowest BCUT2D eigenvalue weighted by atomic mass is 10.00. The van der Waals surface area contributed by atoms with Gasteiger partial charge in [-0.15, -0.1) is 0 Å². The van der Waals surface area contributed by atoms with E-state index in [1.165, 1.54) is 12.3 Å². The molecule has 1 aliphatic heterocycles. The van der Waals surface area contributed by atoms with Crippen LogP contribution in [0.1, 0.15) is 12.2 Å². The van der Waals surface area contributed by atoms with Gasteiger partial charge in [0.25, 0.3) is 0 Å². The van der Waals surface area contributed by atoms with Crippen molar-refractivity contribution in [3.8, 4) is 0 Å². The third-order valence-electron chi connectivity index (χ3n) is 3.73. The highest BCUT2D eigenvalue weighted by atomic mass is 35.5. The Labute approximate surface area is 133 Å². The number of pyridine rings is 1. The molecule has 3 rings (SSSR count). The van der Waals surface area contributed by atoms with E-state index in [-0.39, 0.29) is 21.7 Å². The van der Waals surface area contributed by atoms with Crippen LogP contribution in [0, 0.1) is 5.92 Å². The summed E-state index contributed by atoms with van der Waals surface area (Å²) in [7, 11) is -3.72. The van der Waals surface area contributed by atoms with Crippen molar-refractivity contribution >= 4 is 27.4 Å². The average molecular weight is 342 g/mol. The van der Waals surface area contributed by atoms with Gasteiger partial charge >= 0.3 is 0 Å². The smallest absolute Gasteiger partial charge is 0.244 e. The fourth-order valence-corrected chi connectivity index (χ4v) is 4.00. The fraction of sp³-hybridized carbons (Fsp3) is 0.385. The highest BCUT2D eigenvalue weighted by molar-refractivity contribution is 7.89. The zero-order chi connectivity index (χ0) is 15.7. The van der Waals surface area contributed by atoms with Gasteiger partial charge < -0.3 is 10.3 Å². The molecule has 0 amide bonds. The van der Waals surface area contributed by atoms with Crippen LogP contribution >= 0.6 is 11.6 Å². The Balaban J connectivity index is 1.69. The van der Waals surface area contributed by atoms with Crippen LogP contribution in [0.4, 0.5) is 5.82 Å². The molecule has 0 spiro atoms. The lowest BCUT2D eigenvalue weighted by molar-refractivity contribution is 0.363. The highest BCUT2D eigenvalue weighted by Gasteiger charge is 2.23. The standard InChI is InChI=1S/C13H16ClN5O2S/c14-10-5-11(13(15)17-7-10)22(20,21)18-6-9-1-2-12-16-3-4-19(12)8-9/h3-5,7,9,18H,1-2,6,8H2,(H2,15,17)/t9-/m1/s1. The van der Waals surface area contributed by atoms with E-state index in [9.17, 15) is 8.42 Å². The topological polar surface area (TPSA) is 103 Å². The largest absolute Gasteiger partial charge is 0.383 e. The number of nitrogens with two attached hydrogens (primary N) is 1. The van der Waals surface area contributed by atoms with Gasteiger partial charge in [-0.3, -0.25) is 0 Å². The number of imidazole rings is 1. The van der Waals surface area contributed by atoms with Crippen LogP contribution in [0.15, 0.2) is 29.6 Å². The first-order valence-electron chi connectivity index (χ1n) is 6.86. The summed E-state index contributed by atoms with van der Waals surface area (Å²) in [6, 6.07) is 1.31. The molecule has 2 aromatic rings. The lowest BCUT2D eigenvalue weighted by Gasteiger charge is -2.24. The van der Waals surface area contributed by atoms with E-state index in [2.05, 4.69) is 19.3 Å². The number of fused-ring (bicyclic) bond motifs is 1. The summed E-state index contributed by atoms with van der Waals surface area (Å²) in [5.41, 5.74) is 5.63. The number of nitrogen functional groups attached to an aromatic ring is 1. The van der Waals surface area contributed by atoms with Crippen LogP contribution < -0.4 is 10.5 Å². The highest BCUT2D eigenvalue weighted by Crippen LogP contribution is 2.22. The van der Waals surface area contributed by atoms with E-state index >= 15 is 0 Å². The molecule has 118 valence electrons. The molecule has 0 fully saturated rings. The van der Waals surface area contributed by atoms with Crippen molar-refractivity contribution < 1.29 is 8.42 Å². The first kappa shape index (κ1) is 15.3. The minimum atomic E-state index is -3.72. The van der Waals surface area contributed by atoms with E-state index in [0.717, 1.165) is 25.2 Å². The summed E-state index contributed by atoms with van der Waals surface area (Å²) in [4.78, 5) is 7.95. The molecule has 1 atom stereocenters. The number of anilines is 1. The summed E-state index contributed by atoms with van der Waals surface area (Å²) in [6.07, 6.45) is 6.73. The van der Waals surface area contributed by atoms with Crippen LogP contribution in [0.25, 0.3) is 0 Å². The van der Waals surface area contributed by atoms with Crippen molar-refractivity contribution in [2.45, 2.75) is 24.3 Å². The van der Waals surface area contributed by atoms with Crippen molar-refractivity contribution in [1.82, 2.24) is 19.3 Å². The molecule has 0 bridgehead atoms. The maximum Gasteiger partial charge on any atom is 0.244 e. The fourth-order valence-electron chi connectivity index (χ4n) is 2.56. The SMILES string of the molecule is Nc1ncc(Cl)cc1S(=O)(=O)NC[C@H]1CCc2nccn2C1. The molecule has 1 aliphatic rings. The van der Waals surface area contributed by atoms with Gasteiger partial charge in [0.2, 0.25) is 10.0 Å². The average Bonchev–Trinajstić information content (AvgIpc) is 2.95. The molecule has 0 unspecified atom stereocenters. The molecule has 0 radical (unpaired) electrons. The Kier molecular flexibility index (Phi) is 4.07. The van der Waals surface area contributed by atoms with Gasteiger partial charge in [-0.05, 0) is 18.4 Å². The number of rotatable bonds is 4. The Bertz CT molecular complexity index is 789. The van der Waals surface area contributed by atoms with Gasteiger partial charge in [-0.25, -0.2) is 23.1 Å². The van der Waals surface area contributed by atoms with Crippen LogP contribution in [0.2, 0.25) is 5.02 Å². The van der Waals surface area contributed by atoms with Gasteiger partial charge in [-0.2, -0.15) is 0 Å². The second-order valence-electron chi connectivity index (χ2n) is 5.29. The summed E-state index contributed by atoms with van der Waals surface area (Å²) < 4.78 is 29.3. The zero-order valence-electron chi connectivity index (χ0n) is 11.7. The molecule has 3 heterocycles. The minimum absolute atomic E-state index is 0.0579. The minimum Gasteiger partial charge on any atom is -0.383 e. The van der Waals surface area contributed by atoms with Crippen LogP contribution in [0.3, 0.4) is 0 Å². The molecular formula is C13H16ClN5O2S. The van der Waals surface area contributed by atoms with Gasteiger partial charge in [0, 0.05) is 38.1 Å². The molecule has 3 N–H and O–H groups in total. The lowest BCUT2D eigenvalue weighted by Crippen LogP contribution is -2.34. The maximum atomic E-state index is 12.3. The summed E-state index contributed by atoms with van der Waals surface area (Å²) >= 11 is 5.79. The van der Waals surface area contributed by atoms with E-state index < -0.39 is 10.0 Å². The van der Waals surface area contributed by atoms with Gasteiger partial charge in [0.1, 0.15) is 16.5 Å². The molecule has 0 aromatic carbocycles. The molecule has 9 heteroatoms. The van der Waals surface area contributed by atoms with Crippen molar-refractivity contribution in [3.05, 3.63) is 35.5 Å². The first-order chi connectivity index (χ1) is 10.5. The molecule has 22 heavy (non-hydrogen) atoms. The predicted molar refractivity (Wildman–Crippen MR) is 82.9 cm³/mol. The third-order valence-corrected chi connectivity index (χ3v) is 5.39. The number of halogens is 1. The Morgan fingerprint density at radius 3 is 3.09 bits per heavy atom. The molecule has 0 saturated heterocycles. The van der Waals surface area contributed by atoms with Crippen molar-refractivity contribution in [1.29, 1.82) is 0 Å². The third kappa shape index (κ3) is 3.08. The molecular weight excluding hydrogens is 326 g/mol. The second-order valence-corrected chi connectivity index (χ2v) is 7.46. The zero-order valence-corrected chi connectivity index (χ0v) is 13.3. The maximum absolute atomic E-state index is 12.3. The van der Waals surface area contributed by atoms with E-state index in [0.29, 0.717) is 6.54 Å². The van der Waals surface area contributed by atoms with Gasteiger partial charge in [0.15, 0.2) is 0 Å². The number of nitrogens with one attached hydrogen (secondary N) is 1. The quantitative estimate of drug-likeness (QED) is 0.865. The monoisotopic (exact) mass is 341 g/mol. The molecule has 0 aliphatic carbocycles. The number of hydrogen-bond acceptors (Lipinski definition) is 5. The van der Waals surface area contributed by atoms with Crippen molar-refractivity contribution in [2.24, 2.45) is 5.92 Å². The number of aryl methyl sites for hydroxylation is 1. The summed E-state index contributed by atoms with van der Waals surface area (Å²) in [5.74, 6) is 1.20. The molecule has 7 nitrogen and oxygen atoms in total. The number of nitrogens with zero attached hydrogens (tertiary/aromatic N) is 3. The number of sulfonamides is 1. The van der Waals surface area contributed by atoms with Gasteiger partial charge in [0.05, 0.1) is 5.02 Å². The predicted octanol–water partition coefficient (Wildman–Crippen LogP) is 1.05. The van der Waals surface area contributed by atoms with Gasteiger partial charge in [-0.1, -0.05) is 11.6 Å². The van der Waals surface area contributed by atoms with Crippen LogP contribution in [-0.4, -0.2) is 29.5 Å². The van der Waals surface area contributed by atoms with Crippen molar-refractivity contribution in [2.75, 3.05) is 12.3 Å². The van der Waals surface area contributed by atoms with Crippen molar-refractivity contribution in [3.63, 3.8) is 0 Å². The van der Waals surface area contributed by atoms with E-state index in [1.54, 1.807) is 6.20 Å². The first-order valence-corrected chi connectivity index (χ1v) is 8.72. The van der Waals surface area contributed by atoms with E-state index in [4.69, 9.17) is 17.3 Å². The number of hydrogen-bond donors (Lipinski definition) is 2. The molecule has 0 saturated carbocycles. The molecule has 2 aromatic heterocycles. The number of aromatic nitrogens is 3. The van der Waals surface area contributed by atoms with E-state index in [1.807, 2.05) is 6.20 Å². The second kappa shape index (κ2) is 5.86. The Morgan fingerprint density at radius 1 is 1.45 bits per heavy atom. The van der Waals surface area contributed by atoms with Crippen LogP contribution in [-0.2, 0) is 23.0 Å². The summed E-state index contributed by atoms with van der Waals surface area (Å²) in [6.45, 7) is 1.09. The Hall–Kier alpha value is -1.64.